The minimum Gasteiger partial charge on any atom is -0.270 e. The fourth-order valence-electron chi connectivity index (χ4n) is 3.64. The highest BCUT2D eigenvalue weighted by molar-refractivity contribution is 6.03. The lowest BCUT2D eigenvalue weighted by Crippen LogP contribution is -2.19. The number of rotatable bonds is 5. The van der Waals surface area contributed by atoms with Gasteiger partial charge < -0.3 is 0 Å². The Bertz CT molecular complexity index is 1070. The molecule has 148 valence electrons. The van der Waals surface area contributed by atoms with Gasteiger partial charge in [0, 0.05) is 36.4 Å². The van der Waals surface area contributed by atoms with Crippen LogP contribution in [0.3, 0.4) is 0 Å². The maximum Gasteiger partial charge on any atom is 0.269 e. The molecule has 1 aliphatic heterocycles. The van der Waals surface area contributed by atoms with Crippen LogP contribution in [0.1, 0.15) is 36.2 Å². The van der Waals surface area contributed by atoms with Gasteiger partial charge in [0.05, 0.1) is 28.6 Å². The Kier molecular flexibility index (Phi) is 4.84. The highest BCUT2D eigenvalue weighted by atomic mass is 19.1. The van der Waals surface area contributed by atoms with E-state index in [1.54, 1.807) is 24.3 Å². The maximum atomic E-state index is 13.3. The zero-order valence-electron chi connectivity index (χ0n) is 16.1. The van der Waals surface area contributed by atoms with E-state index in [9.17, 15) is 14.5 Å². The maximum absolute atomic E-state index is 13.3. The Labute approximate surface area is 167 Å². The van der Waals surface area contributed by atoms with E-state index in [1.807, 2.05) is 29.7 Å². The van der Waals surface area contributed by atoms with E-state index in [0.717, 1.165) is 34.8 Å². The minimum absolute atomic E-state index is 0.0298. The number of anilines is 1. The van der Waals surface area contributed by atoms with Gasteiger partial charge in [-0.1, -0.05) is 12.1 Å². The lowest BCUT2D eigenvalue weighted by Gasteiger charge is -2.23. The quantitative estimate of drug-likeness (QED) is 0.468. The molecule has 2 aromatic carbocycles. The predicted molar refractivity (Wildman–Crippen MR) is 109 cm³/mol. The summed E-state index contributed by atoms with van der Waals surface area (Å²) in [5.41, 5.74) is 4.56. The van der Waals surface area contributed by atoms with Crippen molar-refractivity contribution in [3.8, 4) is 0 Å². The molecule has 0 radical (unpaired) electrons. The largest absolute Gasteiger partial charge is 0.270 e. The standard InChI is InChI=1S/C21H20FN5O2/c1-3-25-14(2)19(13-23-25)21-12-20(15-4-6-16(22)7-5-15)24-26(21)17-8-10-18(11-9-17)27(28)29/h4-11,13,21H,3,12H2,1-2H3/t21-/m1/s1. The second-order valence-electron chi connectivity index (χ2n) is 6.89. The number of aryl methyl sites for hydroxylation is 1. The molecule has 0 bridgehead atoms. The number of nitro groups is 1. The molecule has 0 saturated carbocycles. The summed E-state index contributed by atoms with van der Waals surface area (Å²) in [7, 11) is 0. The van der Waals surface area contributed by atoms with Crippen LogP contribution in [-0.4, -0.2) is 20.4 Å². The summed E-state index contributed by atoms with van der Waals surface area (Å²) in [5.74, 6) is -0.295. The van der Waals surface area contributed by atoms with E-state index in [-0.39, 0.29) is 17.5 Å². The van der Waals surface area contributed by atoms with Gasteiger partial charge in [0.15, 0.2) is 0 Å². The van der Waals surface area contributed by atoms with Crippen molar-refractivity contribution in [2.24, 2.45) is 5.10 Å². The number of nitro benzene ring substituents is 1. The lowest BCUT2D eigenvalue weighted by atomic mass is 9.98. The van der Waals surface area contributed by atoms with Crippen molar-refractivity contribution in [2.45, 2.75) is 32.9 Å². The monoisotopic (exact) mass is 393 g/mol. The SMILES string of the molecule is CCn1ncc([C@H]2CC(c3ccc(F)cc3)=NN2c2ccc([N+](=O)[O-])cc2)c1C. The Morgan fingerprint density at radius 2 is 1.86 bits per heavy atom. The number of non-ortho nitro benzene ring substituents is 1. The van der Waals surface area contributed by atoms with Crippen molar-refractivity contribution in [2.75, 3.05) is 5.01 Å². The summed E-state index contributed by atoms with van der Waals surface area (Å²) in [6, 6.07) is 12.5. The van der Waals surface area contributed by atoms with Gasteiger partial charge in [0.25, 0.3) is 5.69 Å². The summed E-state index contributed by atoms with van der Waals surface area (Å²) < 4.78 is 15.3. The van der Waals surface area contributed by atoms with Gasteiger partial charge >= 0.3 is 0 Å². The van der Waals surface area contributed by atoms with Crippen molar-refractivity contribution in [1.29, 1.82) is 0 Å². The van der Waals surface area contributed by atoms with Crippen LogP contribution in [0.25, 0.3) is 0 Å². The Balaban J connectivity index is 1.75. The van der Waals surface area contributed by atoms with E-state index in [2.05, 4.69) is 5.10 Å². The number of nitrogens with zero attached hydrogens (tertiary/aromatic N) is 5. The van der Waals surface area contributed by atoms with Crippen molar-refractivity contribution in [1.82, 2.24) is 9.78 Å². The van der Waals surface area contributed by atoms with Crippen molar-refractivity contribution < 1.29 is 9.31 Å². The first-order valence-corrected chi connectivity index (χ1v) is 9.37. The summed E-state index contributed by atoms with van der Waals surface area (Å²) >= 11 is 0. The van der Waals surface area contributed by atoms with Crippen molar-refractivity contribution in [3.63, 3.8) is 0 Å². The van der Waals surface area contributed by atoms with Gasteiger partial charge in [-0.3, -0.25) is 19.8 Å². The summed E-state index contributed by atoms with van der Waals surface area (Å²) in [6.07, 6.45) is 2.48. The first-order chi connectivity index (χ1) is 14.0. The molecule has 29 heavy (non-hydrogen) atoms. The van der Waals surface area contributed by atoms with Gasteiger partial charge in [-0.05, 0) is 43.7 Å². The first kappa shape index (κ1) is 18.8. The lowest BCUT2D eigenvalue weighted by molar-refractivity contribution is -0.384. The van der Waals surface area contributed by atoms with Crippen LogP contribution in [0.5, 0.6) is 0 Å². The molecule has 1 aliphatic rings. The Hall–Kier alpha value is -3.55. The molecule has 0 spiro atoms. The van der Waals surface area contributed by atoms with E-state index in [0.29, 0.717) is 6.42 Å². The van der Waals surface area contributed by atoms with Crippen LogP contribution in [-0.2, 0) is 6.54 Å². The number of hydrogen-bond acceptors (Lipinski definition) is 5. The molecule has 7 nitrogen and oxygen atoms in total. The summed E-state index contributed by atoms with van der Waals surface area (Å²) in [5, 5.41) is 22.1. The van der Waals surface area contributed by atoms with Crippen LogP contribution in [0, 0.1) is 22.9 Å². The number of aromatic nitrogens is 2. The molecule has 3 aromatic rings. The van der Waals surface area contributed by atoms with Crippen molar-refractivity contribution in [3.05, 3.63) is 87.5 Å². The average Bonchev–Trinajstić information content (AvgIpc) is 3.32. The molecular weight excluding hydrogens is 373 g/mol. The molecule has 0 fully saturated rings. The Morgan fingerprint density at radius 1 is 1.17 bits per heavy atom. The van der Waals surface area contributed by atoms with Gasteiger partial charge in [0.1, 0.15) is 5.82 Å². The van der Waals surface area contributed by atoms with Crippen LogP contribution in [0.2, 0.25) is 0 Å². The fraction of sp³-hybridized carbons (Fsp3) is 0.238. The molecule has 0 aliphatic carbocycles. The zero-order chi connectivity index (χ0) is 20.5. The first-order valence-electron chi connectivity index (χ1n) is 9.37. The van der Waals surface area contributed by atoms with Crippen LogP contribution < -0.4 is 5.01 Å². The normalized spacial score (nSPS) is 16.2. The third kappa shape index (κ3) is 3.49. The second-order valence-corrected chi connectivity index (χ2v) is 6.89. The molecule has 2 heterocycles. The molecule has 0 saturated heterocycles. The number of hydrazone groups is 1. The molecule has 0 N–H and O–H groups in total. The predicted octanol–water partition coefficient (Wildman–Crippen LogP) is 4.61. The van der Waals surface area contributed by atoms with Crippen molar-refractivity contribution >= 4 is 17.1 Å². The Morgan fingerprint density at radius 3 is 2.45 bits per heavy atom. The molecule has 8 heteroatoms. The minimum atomic E-state index is -0.423. The van der Waals surface area contributed by atoms with E-state index < -0.39 is 4.92 Å². The fourth-order valence-corrected chi connectivity index (χ4v) is 3.64. The number of benzene rings is 2. The molecule has 0 unspecified atom stereocenters. The zero-order valence-corrected chi connectivity index (χ0v) is 16.1. The smallest absolute Gasteiger partial charge is 0.269 e. The topological polar surface area (TPSA) is 76.6 Å². The average molecular weight is 393 g/mol. The highest BCUT2D eigenvalue weighted by Gasteiger charge is 2.32. The van der Waals surface area contributed by atoms with Crippen LogP contribution in [0.15, 0.2) is 59.8 Å². The second kappa shape index (κ2) is 7.46. The van der Waals surface area contributed by atoms with Crippen LogP contribution in [0.4, 0.5) is 15.8 Å². The number of hydrogen-bond donors (Lipinski definition) is 0. The third-order valence-corrected chi connectivity index (χ3v) is 5.21. The van der Waals surface area contributed by atoms with Gasteiger partial charge in [-0.25, -0.2) is 4.39 Å². The molecule has 1 aromatic heterocycles. The van der Waals surface area contributed by atoms with Gasteiger partial charge in [0.2, 0.25) is 0 Å². The molecule has 4 rings (SSSR count). The molecule has 1 atom stereocenters. The summed E-state index contributed by atoms with van der Waals surface area (Å²) in [4.78, 5) is 10.6. The molecular formula is C21H20FN5O2. The summed E-state index contributed by atoms with van der Waals surface area (Å²) in [6.45, 7) is 4.82. The highest BCUT2D eigenvalue weighted by Crippen LogP contribution is 2.38. The van der Waals surface area contributed by atoms with Gasteiger partial charge in [-0.15, -0.1) is 0 Å². The van der Waals surface area contributed by atoms with Gasteiger partial charge in [-0.2, -0.15) is 10.2 Å². The molecule has 0 amide bonds. The van der Waals surface area contributed by atoms with E-state index >= 15 is 0 Å². The van der Waals surface area contributed by atoms with E-state index in [1.165, 1.54) is 24.3 Å². The number of halogens is 1. The third-order valence-electron chi connectivity index (χ3n) is 5.21. The van der Waals surface area contributed by atoms with E-state index in [4.69, 9.17) is 5.10 Å². The van der Waals surface area contributed by atoms with Crippen LogP contribution >= 0.6 is 0 Å².